The highest BCUT2D eigenvalue weighted by molar-refractivity contribution is 9.10. The quantitative estimate of drug-likeness (QED) is 0.757. The second-order valence-electron chi connectivity index (χ2n) is 4.71. The molecule has 0 unspecified atom stereocenters. The summed E-state index contributed by atoms with van der Waals surface area (Å²) >= 11 is 3.56. The number of hydrogen-bond acceptors (Lipinski definition) is 1. The minimum Gasteiger partial charge on any atom is -0.362 e. The Balaban J connectivity index is 1.74. The molecule has 88 valence electrons. The monoisotopic (exact) mass is 290 g/mol. The third-order valence-corrected chi connectivity index (χ3v) is 4.45. The molecular formula is C15H15BrO. The van der Waals surface area contributed by atoms with Crippen LogP contribution in [0.3, 0.4) is 0 Å². The van der Waals surface area contributed by atoms with Crippen molar-refractivity contribution < 1.29 is 4.74 Å². The van der Waals surface area contributed by atoms with Crippen LogP contribution in [-0.4, -0.2) is 5.60 Å². The largest absolute Gasteiger partial charge is 0.362 e. The maximum absolute atomic E-state index is 6.18. The predicted octanol–water partition coefficient (Wildman–Crippen LogP) is 4.24. The summed E-state index contributed by atoms with van der Waals surface area (Å²) in [7, 11) is 0. The Labute approximate surface area is 110 Å². The first-order chi connectivity index (χ1) is 8.30. The van der Waals surface area contributed by atoms with Gasteiger partial charge in [-0.05, 0) is 24.5 Å². The summed E-state index contributed by atoms with van der Waals surface area (Å²) in [6.07, 6.45) is 11.2. The third-order valence-electron chi connectivity index (χ3n) is 3.67. The Morgan fingerprint density at radius 3 is 2.59 bits per heavy atom. The number of ether oxygens (including phenoxy) is 1. The average Bonchev–Trinajstić information content (AvgIpc) is 2.87. The summed E-state index contributed by atoms with van der Waals surface area (Å²) in [5.74, 6) is 0.616. The summed E-state index contributed by atoms with van der Waals surface area (Å²) in [6, 6.07) is 8.24. The molecule has 0 radical (unpaired) electrons. The van der Waals surface area contributed by atoms with Crippen LogP contribution in [0.5, 0.6) is 0 Å². The summed E-state index contributed by atoms with van der Waals surface area (Å²) in [5, 5.41) is 0. The molecule has 2 aliphatic rings. The van der Waals surface area contributed by atoms with Gasteiger partial charge in [0.1, 0.15) is 5.60 Å². The molecule has 0 amide bonds. The lowest BCUT2D eigenvalue weighted by atomic mass is 9.94. The van der Waals surface area contributed by atoms with Crippen molar-refractivity contribution in [2.24, 2.45) is 5.92 Å². The number of halogens is 1. The second kappa shape index (κ2) is 4.43. The van der Waals surface area contributed by atoms with Gasteiger partial charge in [-0.3, -0.25) is 0 Å². The molecular weight excluding hydrogens is 276 g/mol. The van der Waals surface area contributed by atoms with Crippen molar-refractivity contribution in [1.29, 1.82) is 0 Å². The number of fused-ring (bicyclic) bond motifs is 1. The van der Waals surface area contributed by atoms with Crippen LogP contribution in [0.1, 0.15) is 18.4 Å². The van der Waals surface area contributed by atoms with Crippen LogP contribution in [-0.2, 0) is 11.3 Å². The van der Waals surface area contributed by atoms with Crippen LogP contribution >= 0.6 is 15.9 Å². The van der Waals surface area contributed by atoms with E-state index in [2.05, 4.69) is 52.4 Å². The van der Waals surface area contributed by atoms with E-state index in [9.17, 15) is 0 Å². The molecule has 0 saturated heterocycles. The first-order valence-corrected chi connectivity index (χ1v) is 6.82. The van der Waals surface area contributed by atoms with Gasteiger partial charge in [-0.25, -0.2) is 0 Å². The van der Waals surface area contributed by atoms with Crippen LogP contribution < -0.4 is 0 Å². The molecule has 0 bridgehead atoms. The van der Waals surface area contributed by atoms with Crippen LogP contribution in [0.15, 0.2) is 53.0 Å². The molecule has 0 atom stereocenters. The number of hydrogen-bond donors (Lipinski definition) is 0. The van der Waals surface area contributed by atoms with Gasteiger partial charge in [0, 0.05) is 10.4 Å². The van der Waals surface area contributed by atoms with Crippen LogP contribution in [0, 0.1) is 5.92 Å². The van der Waals surface area contributed by atoms with Crippen molar-refractivity contribution in [3.8, 4) is 0 Å². The first kappa shape index (κ1) is 11.2. The number of benzene rings is 1. The van der Waals surface area contributed by atoms with Crippen molar-refractivity contribution in [3.63, 3.8) is 0 Å². The minimum atomic E-state index is -0.130. The molecule has 0 heterocycles. The zero-order valence-electron chi connectivity index (χ0n) is 9.60. The van der Waals surface area contributed by atoms with E-state index in [-0.39, 0.29) is 5.60 Å². The van der Waals surface area contributed by atoms with E-state index < -0.39 is 0 Å². The van der Waals surface area contributed by atoms with E-state index >= 15 is 0 Å². The molecule has 0 saturated carbocycles. The van der Waals surface area contributed by atoms with E-state index in [1.165, 1.54) is 5.56 Å². The zero-order valence-corrected chi connectivity index (χ0v) is 11.2. The fourth-order valence-corrected chi connectivity index (χ4v) is 3.06. The summed E-state index contributed by atoms with van der Waals surface area (Å²) in [6.45, 7) is 0.659. The van der Waals surface area contributed by atoms with Gasteiger partial charge in [-0.15, -0.1) is 0 Å². The molecule has 1 aromatic carbocycles. The van der Waals surface area contributed by atoms with E-state index in [0.717, 1.165) is 17.3 Å². The standard InChI is InChI=1S/C15H15BrO/c16-14-8-2-1-5-12(14)11-17-15-9-3-6-13(15)7-4-10-15/h1-5,8-10,13H,6-7,11H2. The highest BCUT2D eigenvalue weighted by atomic mass is 79.9. The van der Waals surface area contributed by atoms with Gasteiger partial charge in [0.2, 0.25) is 0 Å². The smallest absolute Gasteiger partial charge is 0.108 e. The molecule has 1 nitrogen and oxygen atoms in total. The van der Waals surface area contributed by atoms with Gasteiger partial charge >= 0.3 is 0 Å². The van der Waals surface area contributed by atoms with Crippen molar-refractivity contribution in [2.45, 2.75) is 25.0 Å². The normalized spacial score (nSPS) is 29.8. The molecule has 2 heteroatoms. The lowest BCUT2D eigenvalue weighted by Gasteiger charge is -2.27. The summed E-state index contributed by atoms with van der Waals surface area (Å²) in [5.41, 5.74) is 1.08. The minimum absolute atomic E-state index is 0.130. The van der Waals surface area contributed by atoms with E-state index in [1.807, 2.05) is 12.1 Å². The maximum Gasteiger partial charge on any atom is 0.108 e. The Bertz CT molecular complexity index is 460. The molecule has 17 heavy (non-hydrogen) atoms. The molecule has 2 aliphatic carbocycles. The lowest BCUT2D eigenvalue weighted by Crippen LogP contribution is -2.30. The summed E-state index contributed by atoms with van der Waals surface area (Å²) < 4.78 is 7.30. The maximum atomic E-state index is 6.18. The topological polar surface area (TPSA) is 9.23 Å². The van der Waals surface area contributed by atoms with Gasteiger partial charge in [-0.1, -0.05) is 58.4 Å². The molecule has 0 spiro atoms. The van der Waals surface area contributed by atoms with E-state index in [1.54, 1.807) is 0 Å². The molecule has 1 aromatic rings. The van der Waals surface area contributed by atoms with Gasteiger partial charge in [0.25, 0.3) is 0 Å². The Hall–Kier alpha value is -0.860. The van der Waals surface area contributed by atoms with Crippen molar-refractivity contribution in [3.05, 3.63) is 58.6 Å². The van der Waals surface area contributed by atoms with Crippen molar-refractivity contribution in [1.82, 2.24) is 0 Å². The second-order valence-corrected chi connectivity index (χ2v) is 5.56. The first-order valence-electron chi connectivity index (χ1n) is 6.03. The predicted molar refractivity (Wildman–Crippen MR) is 72.7 cm³/mol. The fraction of sp³-hybridized carbons (Fsp3) is 0.333. The highest BCUT2D eigenvalue weighted by Crippen LogP contribution is 2.42. The summed E-state index contributed by atoms with van der Waals surface area (Å²) in [4.78, 5) is 0. The average molecular weight is 291 g/mol. The molecule has 0 N–H and O–H groups in total. The van der Waals surface area contributed by atoms with E-state index in [4.69, 9.17) is 4.74 Å². The van der Waals surface area contributed by atoms with Crippen molar-refractivity contribution in [2.75, 3.05) is 0 Å². The van der Waals surface area contributed by atoms with Gasteiger partial charge < -0.3 is 4.74 Å². The number of allylic oxidation sites excluding steroid dienone is 2. The molecule has 3 rings (SSSR count). The van der Waals surface area contributed by atoms with Gasteiger partial charge in [0.05, 0.1) is 6.61 Å². The highest BCUT2D eigenvalue weighted by Gasteiger charge is 2.40. The van der Waals surface area contributed by atoms with Gasteiger partial charge in [0.15, 0.2) is 0 Å². The van der Waals surface area contributed by atoms with Crippen LogP contribution in [0.4, 0.5) is 0 Å². The Morgan fingerprint density at radius 2 is 1.88 bits per heavy atom. The number of rotatable bonds is 3. The fourth-order valence-electron chi connectivity index (χ4n) is 2.66. The Morgan fingerprint density at radius 1 is 1.18 bits per heavy atom. The van der Waals surface area contributed by atoms with Gasteiger partial charge in [-0.2, -0.15) is 0 Å². The molecule has 0 aromatic heterocycles. The molecule has 0 fully saturated rings. The zero-order chi connectivity index (χ0) is 11.7. The third kappa shape index (κ3) is 2.00. The SMILES string of the molecule is Brc1ccccc1COC12C=CCC1CC=C2. The Kier molecular flexibility index (Phi) is 2.93. The lowest BCUT2D eigenvalue weighted by molar-refractivity contribution is -0.0113. The van der Waals surface area contributed by atoms with Crippen LogP contribution in [0.25, 0.3) is 0 Å². The van der Waals surface area contributed by atoms with E-state index in [0.29, 0.717) is 12.5 Å². The molecule has 0 aliphatic heterocycles. The van der Waals surface area contributed by atoms with Crippen LogP contribution in [0.2, 0.25) is 0 Å². The van der Waals surface area contributed by atoms with Crippen molar-refractivity contribution >= 4 is 15.9 Å².